The fraction of sp³-hybridized carbons (Fsp3) is 0.538. The second-order valence-corrected chi connectivity index (χ2v) is 15.9. The molecule has 0 N–H and O–H groups in total. The van der Waals surface area contributed by atoms with Gasteiger partial charge in [0.25, 0.3) is 0 Å². The first-order chi connectivity index (χ1) is 25.5. The normalized spacial score (nSPS) is 12.5. The van der Waals surface area contributed by atoms with Gasteiger partial charge in [0, 0.05) is 9.64 Å². The van der Waals surface area contributed by atoms with Gasteiger partial charge in [-0.05, 0) is 98.4 Å². The van der Waals surface area contributed by atoms with E-state index in [1.807, 2.05) is 26.0 Å². The molecule has 300 valence electrons. The predicted molar refractivity (Wildman–Crippen MR) is 250 cm³/mol. The number of benzene rings is 3. The number of fused-ring (bicyclic) bond motifs is 1. The second-order valence-electron chi connectivity index (χ2n) is 14.2. The molecule has 0 spiro atoms. The number of allylic oxidation sites excluding steroid dienone is 2. The third kappa shape index (κ3) is 29.3. The lowest BCUT2D eigenvalue weighted by Gasteiger charge is -2.17. The maximum Gasteiger partial charge on any atom is 0.0191 e. The van der Waals surface area contributed by atoms with Crippen molar-refractivity contribution in [3.05, 3.63) is 139 Å². The number of thioether (sulfide) groups is 1. The first-order valence-corrected chi connectivity index (χ1v) is 22.0. The van der Waals surface area contributed by atoms with Crippen molar-refractivity contribution in [1.29, 1.82) is 0 Å². The molecular weight excluding hydrogens is 657 g/mol. The van der Waals surface area contributed by atoms with E-state index in [4.69, 9.17) is 0 Å². The highest BCUT2D eigenvalue weighted by Gasteiger charge is 2.30. The van der Waals surface area contributed by atoms with E-state index < -0.39 is 0 Å². The fourth-order valence-electron chi connectivity index (χ4n) is 5.62. The van der Waals surface area contributed by atoms with Crippen LogP contribution in [0.1, 0.15) is 162 Å². The van der Waals surface area contributed by atoms with E-state index in [2.05, 4.69) is 180 Å². The van der Waals surface area contributed by atoms with Crippen molar-refractivity contribution in [2.75, 3.05) is 0 Å². The molecule has 1 heterocycles. The highest BCUT2D eigenvalue weighted by molar-refractivity contribution is 8.01. The summed E-state index contributed by atoms with van der Waals surface area (Å²) in [6.07, 6.45) is 20.5. The summed E-state index contributed by atoms with van der Waals surface area (Å²) in [5.41, 5.74) is 7.39. The van der Waals surface area contributed by atoms with E-state index in [9.17, 15) is 0 Å². The molecule has 0 saturated heterocycles. The van der Waals surface area contributed by atoms with E-state index in [1.54, 1.807) is 11.1 Å². The zero-order chi connectivity index (χ0) is 40.9. The van der Waals surface area contributed by atoms with E-state index in [0.29, 0.717) is 10.7 Å². The number of hydrogen-bond donors (Lipinski definition) is 0. The van der Waals surface area contributed by atoms with Crippen LogP contribution in [0.4, 0.5) is 0 Å². The molecule has 0 nitrogen and oxygen atoms in total. The third-order valence-corrected chi connectivity index (χ3v) is 10.2. The Morgan fingerprint density at radius 1 is 0.717 bits per heavy atom. The Bertz CT molecular complexity index is 1220. The van der Waals surface area contributed by atoms with Crippen LogP contribution in [0.15, 0.2) is 116 Å². The lowest BCUT2D eigenvalue weighted by Crippen LogP contribution is -2.12. The molecule has 0 radical (unpaired) electrons. The Kier molecular flexibility index (Phi) is 38.7. The van der Waals surface area contributed by atoms with Gasteiger partial charge < -0.3 is 0 Å². The average molecular weight is 743 g/mol. The van der Waals surface area contributed by atoms with Crippen molar-refractivity contribution in [1.82, 2.24) is 0 Å². The molecule has 4 rings (SSSR count). The van der Waals surface area contributed by atoms with Gasteiger partial charge in [0.2, 0.25) is 0 Å². The average Bonchev–Trinajstić information content (AvgIpc) is 3.53. The predicted octanol–water partition coefficient (Wildman–Crippen LogP) is 17.5. The molecule has 0 aromatic heterocycles. The van der Waals surface area contributed by atoms with Crippen LogP contribution in [0, 0.1) is 18.8 Å². The van der Waals surface area contributed by atoms with Gasteiger partial charge in [-0.3, -0.25) is 0 Å². The van der Waals surface area contributed by atoms with E-state index in [0.717, 1.165) is 25.2 Å². The number of unbranched alkanes of at least 4 members (excludes halogenated alkanes) is 2. The van der Waals surface area contributed by atoms with Gasteiger partial charge in [0.1, 0.15) is 0 Å². The van der Waals surface area contributed by atoms with Crippen molar-refractivity contribution >= 4 is 11.8 Å². The molecule has 0 amide bonds. The Balaban J connectivity index is -0.000000703. The summed E-state index contributed by atoms with van der Waals surface area (Å²) in [6.45, 7) is 39.8. The highest BCUT2D eigenvalue weighted by atomic mass is 32.2. The Morgan fingerprint density at radius 2 is 1.26 bits per heavy atom. The molecule has 1 aliphatic rings. The Morgan fingerprint density at radius 3 is 1.72 bits per heavy atom. The van der Waals surface area contributed by atoms with Gasteiger partial charge in [-0.25, -0.2) is 0 Å². The maximum absolute atomic E-state index is 4.07. The van der Waals surface area contributed by atoms with Gasteiger partial charge in [-0.15, -0.1) is 38.1 Å². The van der Waals surface area contributed by atoms with Crippen LogP contribution < -0.4 is 0 Å². The molecule has 0 bridgehead atoms. The highest BCUT2D eigenvalue weighted by Crippen LogP contribution is 2.46. The minimum atomic E-state index is 0.377. The fourth-order valence-corrected chi connectivity index (χ4v) is 6.90. The van der Waals surface area contributed by atoms with Crippen molar-refractivity contribution in [3.8, 4) is 0 Å². The monoisotopic (exact) mass is 743 g/mol. The van der Waals surface area contributed by atoms with Gasteiger partial charge in [0.05, 0.1) is 0 Å². The molecule has 1 aliphatic heterocycles. The molecule has 0 fully saturated rings. The molecule has 3 aromatic carbocycles. The number of hydrogen-bond acceptors (Lipinski definition) is 1. The van der Waals surface area contributed by atoms with Crippen LogP contribution >= 0.6 is 11.8 Å². The molecule has 1 heteroatoms. The van der Waals surface area contributed by atoms with Crippen LogP contribution in [-0.2, 0) is 25.7 Å². The lowest BCUT2D eigenvalue weighted by atomic mass is 9.88. The number of rotatable bonds is 14. The maximum atomic E-state index is 4.07. The SMILES string of the molecule is C=C.C=CC(CCCCc1cccc2c1CC(C)(C)S2)CC(C)CCC.C=CCC.CC.CCCC.CCc1ccc(C)cc1.CCc1ccccc1. The van der Waals surface area contributed by atoms with Crippen LogP contribution in [0.3, 0.4) is 0 Å². The zero-order valence-electron chi connectivity index (χ0n) is 37.2. The van der Waals surface area contributed by atoms with Crippen LogP contribution in [-0.4, -0.2) is 4.75 Å². The van der Waals surface area contributed by atoms with Crippen molar-refractivity contribution in [3.63, 3.8) is 0 Å². The van der Waals surface area contributed by atoms with E-state index in [1.165, 1.54) is 85.8 Å². The first kappa shape index (κ1) is 54.6. The van der Waals surface area contributed by atoms with Crippen LogP contribution in [0.25, 0.3) is 0 Å². The topological polar surface area (TPSA) is 0 Å². The van der Waals surface area contributed by atoms with Crippen molar-refractivity contribution in [2.24, 2.45) is 11.8 Å². The van der Waals surface area contributed by atoms with Crippen LogP contribution in [0.5, 0.6) is 0 Å². The van der Waals surface area contributed by atoms with Gasteiger partial charge in [-0.2, -0.15) is 0 Å². The molecule has 53 heavy (non-hydrogen) atoms. The van der Waals surface area contributed by atoms with Crippen molar-refractivity contribution < 1.29 is 0 Å². The van der Waals surface area contributed by atoms with Gasteiger partial charge >= 0.3 is 0 Å². The molecule has 2 unspecified atom stereocenters. The largest absolute Gasteiger partial charge is 0.119 e. The molecule has 2 atom stereocenters. The molecule has 3 aromatic rings. The van der Waals surface area contributed by atoms with Crippen molar-refractivity contribution in [2.45, 2.75) is 176 Å². The zero-order valence-corrected chi connectivity index (χ0v) is 38.0. The van der Waals surface area contributed by atoms with Gasteiger partial charge in [0.15, 0.2) is 0 Å². The van der Waals surface area contributed by atoms with E-state index >= 15 is 0 Å². The van der Waals surface area contributed by atoms with Crippen LogP contribution in [0.2, 0.25) is 0 Å². The molecular formula is C52H86S. The van der Waals surface area contributed by atoms with Gasteiger partial charge in [-0.1, -0.05) is 193 Å². The third-order valence-electron chi connectivity index (χ3n) is 8.88. The smallest absolute Gasteiger partial charge is 0.0191 e. The second kappa shape index (κ2) is 37.5. The summed E-state index contributed by atoms with van der Waals surface area (Å²) in [7, 11) is 0. The standard InChI is InChI=1S/C23H36S.C9H12.C8H10.C4H10.C4H8.C2H6.C2H4/c1-6-11-18(3)16-19(7-2)12-8-9-13-20-14-10-15-22-21(20)17-23(4,5)24-22;1-3-9-6-4-8(2)5-7-9;1-2-8-6-4-3-5-7-8;2*1-3-4-2;2*1-2/h7,10,14-15,18-19H,2,6,8-9,11-13,16-17H2,1,3-5H3;4-7H,3H2,1-2H3;3-7H,2H2,1H3;3-4H2,1-2H3;3H,1,4H2,2H3;1-2H3;1-2H2. The summed E-state index contributed by atoms with van der Waals surface area (Å²) >= 11 is 2.05. The number of aryl methyl sites for hydroxylation is 4. The minimum Gasteiger partial charge on any atom is -0.119 e. The first-order valence-electron chi connectivity index (χ1n) is 21.2. The summed E-state index contributed by atoms with van der Waals surface area (Å²) in [5, 5.41) is 0. The Hall–Kier alpha value is -2.77. The summed E-state index contributed by atoms with van der Waals surface area (Å²) in [4.78, 5) is 1.52. The quantitative estimate of drug-likeness (QED) is 0.117. The van der Waals surface area contributed by atoms with E-state index in [-0.39, 0.29) is 0 Å². The molecule has 0 aliphatic carbocycles. The summed E-state index contributed by atoms with van der Waals surface area (Å²) in [6, 6.07) is 26.0. The summed E-state index contributed by atoms with van der Waals surface area (Å²) in [5.74, 6) is 1.55. The summed E-state index contributed by atoms with van der Waals surface area (Å²) < 4.78 is 0.377. The molecule has 0 saturated carbocycles. The minimum absolute atomic E-state index is 0.377. The lowest BCUT2D eigenvalue weighted by molar-refractivity contribution is 0.393. The Labute approximate surface area is 337 Å².